The molecule has 1 aliphatic heterocycles. The lowest BCUT2D eigenvalue weighted by molar-refractivity contribution is 0.254. The van der Waals surface area contributed by atoms with Crippen molar-refractivity contribution in [2.45, 2.75) is 18.6 Å². The van der Waals surface area contributed by atoms with Crippen molar-refractivity contribution in [3.63, 3.8) is 0 Å². The summed E-state index contributed by atoms with van der Waals surface area (Å²) in [6.07, 6.45) is -0.298. The number of hydrogen-bond acceptors (Lipinski definition) is 4. The monoisotopic (exact) mass is 230 g/mol. The van der Waals surface area contributed by atoms with E-state index < -0.39 is 6.17 Å². The molecule has 1 fully saturated rings. The zero-order valence-electron chi connectivity index (χ0n) is 8.08. The van der Waals surface area contributed by atoms with E-state index in [0.29, 0.717) is 23.9 Å². The highest BCUT2D eigenvalue weighted by atomic mass is 35.5. The number of nitrogens with zero attached hydrogens (tertiary/aromatic N) is 2. The Hall–Kier alpha value is -0.940. The molecule has 82 valence electrons. The van der Waals surface area contributed by atoms with Crippen LogP contribution in [0.2, 0.25) is 5.15 Å². The van der Waals surface area contributed by atoms with Crippen molar-refractivity contribution in [2.24, 2.45) is 0 Å². The lowest BCUT2D eigenvalue weighted by Crippen LogP contribution is -2.44. The van der Waals surface area contributed by atoms with Gasteiger partial charge in [-0.2, -0.15) is 0 Å². The molecule has 2 atom stereocenters. The molecule has 2 rings (SSSR count). The van der Waals surface area contributed by atoms with Gasteiger partial charge in [-0.1, -0.05) is 11.6 Å². The standard InChI is InChI=1S/C9H12ClFN4/c10-8-1-2-9(15-14-8)13-7-3-6(11)4-12-5-7/h1-2,6-7,12H,3-5H2,(H,13,15)/t6-,7+/m1/s1. The van der Waals surface area contributed by atoms with Crippen LogP contribution in [0, 0.1) is 0 Å². The Morgan fingerprint density at radius 1 is 1.40 bits per heavy atom. The Labute approximate surface area is 92.2 Å². The van der Waals surface area contributed by atoms with Crippen LogP contribution in [0.15, 0.2) is 12.1 Å². The molecule has 2 N–H and O–H groups in total. The first-order valence-corrected chi connectivity index (χ1v) is 5.22. The first-order valence-electron chi connectivity index (χ1n) is 4.84. The van der Waals surface area contributed by atoms with Crippen LogP contribution in [0.1, 0.15) is 6.42 Å². The van der Waals surface area contributed by atoms with E-state index in [-0.39, 0.29) is 6.04 Å². The van der Waals surface area contributed by atoms with Crippen LogP contribution in [0.25, 0.3) is 0 Å². The van der Waals surface area contributed by atoms with Gasteiger partial charge in [0.1, 0.15) is 12.0 Å². The molecule has 2 heterocycles. The molecule has 1 saturated heterocycles. The predicted molar refractivity (Wildman–Crippen MR) is 56.8 cm³/mol. The lowest BCUT2D eigenvalue weighted by Gasteiger charge is -2.26. The smallest absolute Gasteiger partial charge is 0.151 e. The summed E-state index contributed by atoms with van der Waals surface area (Å²) < 4.78 is 13.0. The fraction of sp³-hybridized carbons (Fsp3) is 0.556. The Bertz CT molecular complexity index is 318. The summed E-state index contributed by atoms with van der Waals surface area (Å²) in [5, 5.41) is 14.0. The molecule has 0 bridgehead atoms. The van der Waals surface area contributed by atoms with Crippen LogP contribution in [-0.4, -0.2) is 35.5 Å². The van der Waals surface area contributed by atoms with Gasteiger partial charge in [0.05, 0.1) is 0 Å². The molecule has 4 nitrogen and oxygen atoms in total. The summed E-state index contributed by atoms with van der Waals surface area (Å²) in [6.45, 7) is 1.18. The molecular formula is C9H12ClFN4. The second kappa shape index (κ2) is 4.72. The Balaban J connectivity index is 1.93. The summed E-state index contributed by atoms with van der Waals surface area (Å²) in [4.78, 5) is 0. The third-order valence-electron chi connectivity index (χ3n) is 2.28. The molecule has 0 radical (unpaired) electrons. The SMILES string of the molecule is F[C@H]1CNC[C@@H](Nc2ccc(Cl)nn2)C1. The normalized spacial score (nSPS) is 26.3. The van der Waals surface area contributed by atoms with Crippen molar-refractivity contribution in [1.82, 2.24) is 15.5 Å². The van der Waals surface area contributed by atoms with E-state index in [1.807, 2.05) is 0 Å². The zero-order chi connectivity index (χ0) is 10.7. The van der Waals surface area contributed by atoms with Gasteiger partial charge >= 0.3 is 0 Å². The summed E-state index contributed by atoms with van der Waals surface area (Å²) in [5.41, 5.74) is 0. The van der Waals surface area contributed by atoms with Gasteiger partial charge in [0.25, 0.3) is 0 Å². The minimum atomic E-state index is -0.795. The lowest BCUT2D eigenvalue weighted by atomic mass is 10.1. The number of halogens is 2. The highest BCUT2D eigenvalue weighted by Crippen LogP contribution is 2.12. The fourth-order valence-electron chi connectivity index (χ4n) is 1.60. The molecule has 0 aromatic carbocycles. The molecule has 0 saturated carbocycles. The highest BCUT2D eigenvalue weighted by molar-refractivity contribution is 6.29. The van der Waals surface area contributed by atoms with Crippen LogP contribution in [0.4, 0.5) is 10.2 Å². The number of aromatic nitrogens is 2. The van der Waals surface area contributed by atoms with Gasteiger partial charge < -0.3 is 10.6 Å². The van der Waals surface area contributed by atoms with Gasteiger partial charge in [-0.05, 0) is 12.1 Å². The first kappa shape index (κ1) is 10.6. The van der Waals surface area contributed by atoms with Gasteiger partial charge in [-0.15, -0.1) is 10.2 Å². The molecule has 0 spiro atoms. The van der Waals surface area contributed by atoms with Crippen LogP contribution < -0.4 is 10.6 Å². The van der Waals surface area contributed by atoms with Crippen LogP contribution in [-0.2, 0) is 0 Å². The maximum absolute atomic E-state index is 13.0. The molecule has 0 amide bonds. The van der Waals surface area contributed by atoms with Crippen LogP contribution in [0.5, 0.6) is 0 Å². The number of alkyl halides is 1. The Morgan fingerprint density at radius 3 is 2.93 bits per heavy atom. The topological polar surface area (TPSA) is 49.8 Å². The van der Waals surface area contributed by atoms with Crippen molar-refractivity contribution in [3.05, 3.63) is 17.3 Å². The maximum Gasteiger partial charge on any atom is 0.151 e. The average molecular weight is 231 g/mol. The van der Waals surface area contributed by atoms with Crippen molar-refractivity contribution >= 4 is 17.4 Å². The van der Waals surface area contributed by atoms with Crippen LogP contribution >= 0.6 is 11.6 Å². The zero-order valence-corrected chi connectivity index (χ0v) is 8.84. The number of nitrogens with one attached hydrogen (secondary N) is 2. The molecule has 0 aliphatic carbocycles. The quantitative estimate of drug-likeness (QED) is 0.803. The van der Waals surface area contributed by atoms with E-state index in [2.05, 4.69) is 20.8 Å². The van der Waals surface area contributed by atoms with Gasteiger partial charge in [-0.3, -0.25) is 0 Å². The number of hydrogen-bond donors (Lipinski definition) is 2. The third kappa shape index (κ3) is 3.00. The predicted octanol–water partition coefficient (Wildman–Crippen LogP) is 1.24. The minimum absolute atomic E-state index is 0.0595. The molecule has 1 aromatic heterocycles. The largest absolute Gasteiger partial charge is 0.364 e. The maximum atomic E-state index is 13.0. The molecule has 0 unspecified atom stereocenters. The Kier molecular flexibility index (Phi) is 3.33. The van der Waals surface area contributed by atoms with Crippen molar-refractivity contribution in [2.75, 3.05) is 18.4 Å². The van der Waals surface area contributed by atoms with Crippen LogP contribution in [0.3, 0.4) is 0 Å². The molecule has 1 aliphatic rings. The molecule has 15 heavy (non-hydrogen) atoms. The summed E-state index contributed by atoms with van der Waals surface area (Å²) in [7, 11) is 0. The first-order chi connectivity index (χ1) is 7.24. The van der Waals surface area contributed by atoms with E-state index in [4.69, 9.17) is 11.6 Å². The van der Waals surface area contributed by atoms with Crippen molar-refractivity contribution in [1.29, 1.82) is 0 Å². The fourth-order valence-corrected chi connectivity index (χ4v) is 1.70. The van der Waals surface area contributed by atoms with E-state index in [0.717, 1.165) is 6.54 Å². The number of anilines is 1. The molecular weight excluding hydrogens is 219 g/mol. The number of rotatable bonds is 2. The second-order valence-corrected chi connectivity index (χ2v) is 3.96. The van der Waals surface area contributed by atoms with Gasteiger partial charge in [0.2, 0.25) is 0 Å². The van der Waals surface area contributed by atoms with Crippen molar-refractivity contribution < 1.29 is 4.39 Å². The highest BCUT2D eigenvalue weighted by Gasteiger charge is 2.20. The Morgan fingerprint density at radius 2 is 2.27 bits per heavy atom. The third-order valence-corrected chi connectivity index (χ3v) is 2.48. The molecule has 1 aromatic rings. The second-order valence-electron chi connectivity index (χ2n) is 3.57. The minimum Gasteiger partial charge on any atom is -0.364 e. The van der Waals surface area contributed by atoms with E-state index in [1.165, 1.54) is 0 Å². The average Bonchev–Trinajstić information content (AvgIpc) is 2.22. The van der Waals surface area contributed by atoms with Gasteiger partial charge in [-0.25, -0.2) is 4.39 Å². The van der Waals surface area contributed by atoms with E-state index in [1.54, 1.807) is 12.1 Å². The summed E-state index contributed by atoms with van der Waals surface area (Å²) >= 11 is 5.60. The summed E-state index contributed by atoms with van der Waals surface area (Å²) in [6, 6.07) is 3.45. The van der Waals surface area contributed by atoms with Crippen molar-refractivity contribution in [3.8, 4) is 0 Å². The number of piperidine rings is 1. The molecule has 6 heteroatoms. The van der Waals surface area contributed by atoms with Gasteiger partial charge in [0.15, 0.2) is 5.15 Å². The van der Waals surface area contributed by atoms with Gasteiger partial charge in [0, 0.05) is 25.6 Å². The van der Waals surface area contributed by atoms with E-state index in [9.17, 15) is 4.39 Å². The van der Waals surface area contributed by atoms with E-state index >= 15 is 0 Å². The summed E-state index contributed by atoms with van der Waals surface area (Å²) in [5.74, 6) is 0.625.